The highest BCUT2D eigenvalue weighted by Crippen LogP contribution is 2.26. The van der Waals surface area contributed by atoms with Crippen LogP contribution < -0.4 is 11.1 Å². The molecule has 6 heteroatoms. The normalized spacial score (nSPS) is 20.1. The number of anilines is 2. The van der Waals surface area contributed by atoms with Gasteiger partial charge >= 0.3 is 0 Å². The first kappa shape index (κ1) is 12.7. The minimum atomic E-state index is -0.422. The Kier molecular flexibility index (Phi) is 3.43. The molecule has 2 rings (SSSR count). The predicted octanol–water partition coefficient (Wildman–Crippen LogP) is 1.48. The molecule has 1 aliphatic rings. The van der Waals surface area contributed by atoms with E-state index >= 15 is 0 Å². The van der Waals surface area contributed by atoms with Crippen LogP contribution in [0.1, 0.15) is 12.8 Å². The van der Waals surface area contributed by atoms with Gasteiger partial charge in [-0.25, -0.2) is 0 Å². The van der Waals surface area contributed by atoms with Gasteiger partial charge in [-0.1, -0.05) is 11.6 Å². The standard InChI is InChI=1S/C12H14ClN3O2/c1-16-11(17)5-4-10(12(16)18)15-9-3-2-7(14)6-8(9)13/h2-3,6,10,15H,4-5,14H2,1H3. The Labute approximate surface area is 110 Å². The van der Waals surface area contributed by atoms with Crippen molar-refractivity contribution >= 4 is 34.8 Å². The Morgan fingerprint density at radius 2 is 2.17 bits per heavy atom. The number of hydrogen-bond acceptors (Lipinski definition) is 4. The number of nitrogen functional groups attached to an aromatic ring is 1. The molecule has 1 unspecified atom stereocenters. The van der Waals surface area contributed by atoms with Crippen LogP contribution in [-0.4, -0.2) is 29.8 Å². The molecule has 0 saturated carbocycles. The summed E-state index contributed by atoms with van der Waals surface area (Å²) in [6.45, 7) is 0. The molecular formula is C12H14ClN3O2. The minimum Gasteiger partial charge on any atom is -0.399 e. The zero-order valence-electron chi connectivity index (χ0n) is 9.94. The van der Waals surface area contributed by atoms with E-state index in [1.165, 1.54) is 7.05 Å². The highest BCUT2D eigenvalue weighted by atomic mass is 35.5. The van der Waals surface area contributed by atoms with Crippen molar-refractivity contribution in [2.45, 2.75) is 18.9 Å². The molecule has 5 nitrogen and oxygen atoms in total. The number of nitrogens with two attached hydrogens (primary N) is 1. The number of carbonyl (C=O) groups is 2. The molecule has 0 bridgehead atoms. The number of rotatable bonds is 2. The highest BCUT2D eigenvalue weighted by Gasteiger charge is 2.31. The van der Waals surface area contributed by atoms with Crippen molar-refractivity contribution in [1.29, 1.82) is 0 Å². The summed E-state index contributed by atoms with van der Waals surface area (Å²) < 4.78 is 0. The van der Waals surface area contributed by atoms with Gasteiger partial charge in [0.1, 0.15) is 6.04 Å². The van der Waals surface area contributed by atoms with E-state index < -0.39 is 6.04 Å². The molecule has 0 aromatic heterocycles. The Hall–Kier alpha value is -1.75. The fraction of sp³-hybridized carbons (Fsp3) is 0.333. The predicted molar refractivity (Wildman–Crippen MR) is 70.3 cm³/mol. The number of likely N-dealkylation sites (N-methyl/N-ethyl adjacent to an activating group) is 1. The van der Waals surface area contributed by atoms with Crippen LogP contribution in [0.2, 0.25) is 5.02 Å². The first-order valence-corrected chi connectivity index (χ1v) is 5.99. The van der Waals surface area contributed by atoms with Crippen molar-refractivity contribution < 1.29 is 9.59 Å². The van der Waals surface area contributed by atoms with Gasteiger partial charge in [0.2, 0.25) is 5.91 Å². The molecule has 1 atom stereocenters. The maximum absolute atomic E-state index is 11.9. The van der Waals surface area contributed by atoms with Crippen LogP contribution in [0.25, 0.3) is 0 Å². The van der Waals surface area contributed by atoms with Gasteiger partial charge in [-0.05, 0) is 24.6 Å². The second-order valence-corrected chi connectivity index (χ2v) is 4.67. The van der Waals surface area contributed by atoms with Crippen LogP contribution in [0.15, 0.2) is 18.2 Å². The fourth-order valence-electron chi connectivity index (χ4n) is 1.89. The Balaban J connectivity index is 2.14. The van der Waals surface area contributed by atoms with E-state index in [2.05, 4.69) is 5.32 Å². The third-order valence-electron chi connectivity index (χ3n) is 2.97. The van der Waals surface area contributed by atoms with Crippen LogP contribution in [0.3, 0.4) is 0 Å². The smallest absolute Gasteiger partial charge is 0.251 e. The molecule has 96 valence electrons. The monoisotopic (exact) mass is 267 g/mol. The van der Waals surface area contributed by atoms with E-state index in [9.17, 15) is 9.59 Å². The lowest BCUT2D eigenvalue weighted by atomic mass is 10.0. The lowest BCUT2D eigenvalue weighted by Gasteiger charge is -2.29. The Morgan fingerprint density at radius 1 is 1.44 bits per heavy atom. The maximum Gasteiger partial charge on any atom is 0.251 e. The fourth-order valence-corrected chi connectivity index (χ4v) is 2.13. The number of hydrogen-bond donors (Lipinski definition) is 2. The first-order valence-electron chi connectivity index (χ1n) is 5.61. The van der Waals surface area contributed by atoms with Crippen molar-refractivity contribution in [1.82, 2.24) is 4.90 Å². The number of piperidine rings is 1. The number of halogens is 1. The first-order chi connectivity index (χ1) is 8.49. The van der Waals surface area contributed by atoms with Crippen LogP contribution in [0, 0.1) is 0 Å². The lowest BCUT2D eigenvalue weighted by Crippen LogP contribution is -2.48. The largest absolute Gasteiger partial charge is 0.399 e. The highest BCUT2D eigenvalue weighted by molar-refractivity contribution is 6.33. The van der Waals surface area contributed by atoms with Gasteiger partial charge in [-0.2, -0.15) is 0 Å². The molecule has 1 aliphatic heterocycles. The summed E-state index contributed by atoms with van der Waals surface area (Å²) >= 11 is 6.03. The number of amides is 2. The van der Waals surface area contributed by atoms with Gasteiger partial charge < -0.3 is 11.1 Å². The topological polar surface area (TPSA) is 75.4 Å². The molecule has 3 N–H and O–H groups in total. The van der Waals surface area contributed by atoms with Gasteiger partial charge in [0.05, 0.1) is 10.7 Å². The van der Waals surface area contributed by atoms with Gasteiger partial charge in [0, 0.05) is 19.2 Å². The van der Waals surface area contributed by atoms with Crippen molar-refractivity contribution in [2.75, 3.05) is 18.1 Å². The summed E-state index contributed by atoms with van der Waals surface area (Å²) in [5.41, 5.74) is 6.80. The van der Waals surface area contributed by atoms with Crippen LogP contribution >= 0.6 is 11.6 Å². The van der Waals surface area contributed by atoms with Gasteiger partial charge in [-0.3, -0.25) is 14.5 Å². The van der Waals surface area contributed by atoms with Crippen molar-refractivity contribution in [3.8, 4) is 0 Å². The molecule has 18 heavy (non-hydrogen) atoms. The summed E-state index contributed by atoms with van der Waals surface area (Å²) in [6, 6.07) is 4.62. The lowest BCUT2D eigenvalue weighted by molar-refractivity contribution is -0.146. The molecule has 1 aromatic carbocycles. The molecule has 0 radical (unpaired) electrons. The molecule has 0 aliphatic carbocycles. The van der Waals surface area contributed by atoms with E-state index in [-0.39, 0.29) is 11.8 Å². The third kappa shape index (κ3) is 2.41. The molecule has 2 amide bonds. The van der Waals surface area contributed by atoms with E-state index in [1.807, 2.05) is 0 Å². The number of nitrogens with one attached hydrogen (secondary N) is 1. The van der Waals surface area contributed by atoms with Gasteiger partial charge in [0.15, 0.2) is 0 Å². The quantitative estimate of drug-likeness (QED) is 0.629. The van der Waals surface area contributed by atoms with Crippen molar-refractivity contribution in [3.05, 3.63) is 23.2 Å². The number of benzene rings is 1. The number of nitrogens with zero attached hydrogens (tertiary/aromatic N) is 1. The SMILES string of the molecule is CN1C(=O)CCC(Nc2ccc(N)cc2Cl)C1=O. The number of carbonyl (C=O) groups excluding carboxylic acids is 2. The van der Waals surface area contributed by atoms with E-state index in [0.29, 0.717) is 29.2 Å². The van der Waals surface area contributed by atoms with Crippen molar-refractivity contribution in [2.24, 2.45) is 0 Å². The number of likely N-dealkylation sites (tertiary alicyclic amines) is 1. The molecule has 1 saturated heterocycles. The summed E-state index contributed by atoms with van der Waals surface area (Å²) in [6.07, 6.45) is 0.829. The van der Waals surface area contributed by atoms with Crippen LogP contribution in [0.4, 0.5) is 11.4 Å². The Morgan fingerprint density at radius 3 is 2.83 bits per heavy atom. The summed E-state index contributed by atoms with van der Waals surface area (Å²) in [4.78, 5) is 24.4. The van der Waals surface area contributed by atoms with E-state index in [4.69, 9.17) is 17.3 Å². The third-order valence-corrected chi connectivity index (χ3v) is 3.29. The van der Waals surface area contributed by atoms with E-state index in [0.717, 1.165) is 4.90 Å². The summed E-state index contributed by atoms with van der Waals surface area (Å²) in [5.74, 6) is -0.388. The van der Waals surface area contributed by atoms with Gasteiger partial charge in [-0.15, -0.1) is 0 Å². The van der Waals surface area contributed by atoms with Crippen molar-refractivity contribution in [3.63, 3.8) is 0 Å². The zero-order valence-corrected chi connectivity index (χ0v) is 10.7. The second kappa shape index (κ2) is 4.86. The number of imide groups is 1. The average molecular weight is 268 g/mol. The minimum absolute atomic E-state index is 0.151. The average Bonchev–Trinajstić information content (AvgIpc) is 2.33. The molecule has 1 fully saturated rings. The zero-order chi connectivity index (χ0) is 13.3. The van der Waals surface area contributed by atoms with E-state index in [1.54, 1.807) is 18.2 Å². The summed E-state index contributed by atoms with van der Waals surface area (Å²) in [5, 5.41) is 3.51. The molecular weight excluding hydrogens is 254 g/mol. The van der Waals surface area contributed by atoms with Gasteiger partial charge in [0.25, 0.3) is 5.91 Å². The molecule has 0 spiro atoms. The molecule has 1 heterocycles. The summed E-state index contributed by atoms with van der Waals surface area (Å²) in [7, 11) is 1.49. The Bertz CT molecular complexity index is 504. The second-order valence-electron chi connectivity index (χ2n) is 4.27. The maximum atomic E-state index is 11.9. The molecule has 1 aromatic rings. The van der Waals surface area contributed by atoms with Crippen LogP contribution in [-0.2, 0) is 9.59 Å². The van der Waals surface area contributed by atoms with Crippen LogP contribution in [0.5, 0.6) is 0 Å².